The first kappa shape index (κ1) is 19.4. The number of nitrogens with one attached hydrogen (secondary N) is 1. The van der Waals surface area contributed by atoms with E-state index in [4.69, 9.17) is 0 Å². The molecule has 26 heavy (non-hydrogen) atoms. The fraction of sp³-hybridized carbons (Fsp3) is 0.650. The monoisotopic (exact) mass is 378 g/mol. The Balaban J connectivity index is 1.66. The van der Waals surface area contributed by atoms with E-state index in [9.17, 15) is 13.2 Å². The summed E-state index contributed by atoms with van der Waals surface area (Å²) in [4.78, 5) is 12.8. The number of hydrogen-bond donors (Lipinski definition) is 1. The normalized spacial score (nSPS) is 24.1. The summed E-state index contributed by atoms with van der Waals surface area (Å²) in [6.07, 6.45) is 8.56. The number of amides is 1. The van der Waals surface area contributed by atoms with Gasteiger partial charge in [0, 0.05) is 25.0 Å². The van der Waals surface area contributed by atoms with Crippen LogP contribution in [0.3, 0.4) is 0 Å². The second-order valence-electron chi connectivity index (χ2n) is 7.88. The highest BCUT2D eigenvalue weighted by atomic mass is 32.2. The van der Waals surface area contributed by atoms with Crippen LogP contribution in [0.1, 0.15) is 50.5 Å². The summed E-state index contributed by atoms with van der Waals surface area (Å²) in [5.41, 5.74) is 1.32. The first-order chi connectivity index (χ1) is 12.4. The zero-order valence-electron chi connectivity index (χ0n) is 15.6. The Labute approximate surface area is 157 Å². The number of nitrogens with zero attached hydrogens (tertiary/aromatic N) is 1. The fourth-order valence-electron chi connectivity index (χ4n) is 4.45. The Hall–Kier alpha value is -1.40. The summed E-state index contributed by atoms with van der Waals surface area (Å²) in [5.74, 6) is -0.242. The average Bonchev–Trinajstić information content (AvgIpc) is 2.67. The van der Waals surface area contributed by atoms with Gasteiger partial charge in [-0.05, 0) is 31.2 Å². The van der Waals surface area contributed by atoms with Crippen LogP contribution in [0, 0.1) is 5.92 Å². The van der Waals surface area contributed by atoms with Crippen LogP contribution in [-0.4, -0.2) is 44.5 Å². The van der Waals surface area contributed by atoms with Gasteiger partial charge >= 0.3 is 0 Å². The molecule has 1 N–H and O–H groups in total. The maximum absolute atomic E-state index is 12.8. The van der Waals surface area contributed by atoms with Gasteiger partial charge in [0.05, 0.1) is 12.2 Å². The molecule has 5 nitrogen and oxygen atoms in total. The molecule has 1 aromatic carbocycles. The third-order valence-electron chi connectivity index (χ3n) is 6.02. The van der Waals surface area contributed by atoms with Crippen LogP contribution in [0.5, 0.6) is 0 Å². The number of sulfonamides is 1. The lowest BCUT2D eigenvalue weighted by molar-refractivity contribution is -0.126. The Bertz CT molecular complexity index is 712. The van der Waals surface area contributed by atoms with E-state index in [0.717, 1.165) is 25.7 Å². The first-order valence-corrected chi connectivity index (χ1v) is 11.5. The number of piperidine rings is 1. The lowest BCUT2D eigenvalue weighted by Gasteiger charge is -2.39. The Morgan fingerprint density at radius 3 is 2.50 bits per heavy atom. The number of benzene rings is 1. The Kier molecular flexibility index (Phi) is 6.03. The minimum Gasteiger partial charge on any atom is -0.355 e. The molecule has 0 unspecified atom stereocenters. The molecule has 1 heterocycles. The van der Waals surface area contributed by atoms with Crippen LogP contribution in [-0.2, 0) is 20.2 Å². The van der Waals surface area contributed by atoms with Gasteiger partial charge in [0.2, 0.25) is 15.9 Å². The Morgan fingerprint density at radius 1 is 1.15 bits per heavy atom. The quantitative estimate of drug-likeness (QED) is 0.857. The van der Waals surface area contributed by atoms with Crippen LogP contribution in [0.4, 0.5) is 0 Å². The van der Waals surface area contributed by atoms with Gasteiger partial charge in [-0.2, -0.15) is 0 Å². The number of carbonyl (C=O) groups excluding carboxylic acids is 1. The number of rotatable bonds is 5. The van der Waals surface area contributed by atoms with Gasteiger partial charge in [-0.25, -0.2) is 12.7 Å². The summed E-state index contributed by atoms with van der Waals surface area (Å²) >= 11 is 0. The van der Waals surface area contributed by atoms with E-state index in [1.54, 1.807) is 0 Å². The summed E-state index contributed by atoms with van der Waals surface area (Å²) in [6, 6.07) is 10.5. The zero-order chi connectivity index (χ0) is 18.6. The van der Waals surface area contributed by atoms with Crippen molar-refractivity contribution in [1.29, 1.82) is 0 Å². The van der Waals surface area contributed by atoms with E-state index in [2.05, 4.69) is 29.6 Å². The standard InChI is InChI=1S/C20H30N2O3S/c1-26(24,25)22-14-8-9-17(15-22)19(23)21-16-20(12-6-3-7-13-20)18-10-4-2-5-11-18/h2,4-5,10-11,17H,3,6-9,12-16H2,1H3,(H,21,23)/t17-/m0/s1. The molecule has 6 heteroatoms. The molecule has 1 atom stereocenters. The van der Waals surface area contributed by atoms with E-state index in [1.807, 2.05) is 6.07 Å². The van der Waals surface area contributed by atoms with Crippen LogP contribution in [0.15, 0.2) is 30.3 Å². The van der Waals surface area contributed by atoms with Crippen molar-refractivity contribution in [2.45, 2.75) is 50.4 Å². The molecular formula is C20H30N2O3S. The third-order valence-corrected chi connectivity index (χ3v) is 7.29. The van der Waals surface area contributed by atoms with E-state index < -0.39 is 10.0 Å². The molecule has 1 aliphatic heterocycles. The van der Waals surface area contributed by atoms with Gasteiger partial charge in [0.15, 0.2) is 0 Å². The Morgan fingerprint density at radius 2 is 1.85 bits per heavy atom. The molecule has 2 fully saturated rings. The van der Waals surface area contributed by atoms with E-state index >= 15 is 0 Å². The van der Waals surface area contributed by atoms with Crippen LogP contribution in [0.25, 0.3) is 0 Å². The zero-order valence-corrected chi connectivity index (χ0v) is 16.4. The van der Waals surface area contributed by atoms with Crippen molar-refractivity contribution in [3.63, 3.8) is 0 Å². The smallest absolute Gasteiger partial charge is 0.224 e. The van der Waals surface area contributed by atoms with Gasteiger partial charge in [0.1, 0.15) is 0 Å². The molecule has 1 saturated heterocycles. The molecular weight excluding hydrogens is 348 g/mol. The first-order valence-electron chi connectivity index (χ1n) is 9.69. The molecule has 0 spiro atoms. The average molecular weight is 379 g/mol. The highest BCUT2D eigenvalue weighted by molar-refractivity contribution is 7.88. The van der Waals surface area contributed by atoms with Gasteiger partial charge in [-0.15, -0.1) is 0 Å². The third kappa shape index (κ3) is 4.46. The predicted molar refractivity (Wildman–Crippen MR) is 103 cm³/mol. The summed E-state index contributed by atoms with van der Waals surface area (Å²) < 4.78 is 25.0. The molecule has 3 rings (SSSR count). The molecule has 0 radical (unpaired) electrons. The minimum absolute atomic E-state index is 0.000713. The van der Waals surface area contributed by atoms with Crippen LogP contribution < -0.4 is 5.32 Å². The minimum atomic E-state index is -3.23. The van der Waals surface area contributed by atoms with Crippen molar-refractivity contribution in [2.75, 3.05) is 25.9 Å². The molecule has 1 aromatic rings. The lowest BCUT2D eigenvalue weighted by Crippen LogP contribution is -2.48. The van der Waals surface area contributed by atoms with Crippen molar-refractivity contribution >= 4 is 15.9 Å². The summed E-state index contributed by atoms with van der Waals surface area (Å²) in [7, 11) is -3.23. The van der Waals surface area contributed by atoms with E-state index in [0.29, 0.717) is 19.6 Å². The van der Waals surface area contributed by atoms with Crippen LogP contribution in [0.2, 0.25) is 0 Å². The molecule has 1 aliphatic carbocycles. The van der Waals surface area contributed by atoms with Gasteiger partial charge in [0.25, 0.3) is 0 Å². The van der Waals surface area contributed by atoms with Gasteiger partial charge in [-0.3, -0.25) is 4.79 Å². The summed E-state index contributed by atoms with van der Waals surface area (Å²) in [5, 5.41) is 3.17. The lowest BCUT2D eigenvalue weighted by atomic mass is 9.69. The largest absolute Gasteiger partial charge is 0.355 e. The number of hydrogen-bond acceptors (Lipinski definition) is 3. The van der Waals surface area contributed by atoms with Crippen molar-refractivity contribution in [3.8, 4) is 0 Å². The highest BCUT2D eigenvalue weighted by Gasteiger charge is 2.36. The second kappa shape index (κ2) is 8.09. The van der Waals surface area contributed by atoms with Crippen molar-refractivity contribution in [3.05, 3.63) is 35.9 Å². The van der Waals surface area contributed by atoms with E-state index in [1.165, 1.54) is 35.4 Å². The SMILES string of the molecule is CS(=O)(=O)N1CCC[C@H](C(=O)NCC2(c3ccccc3)CCCCC2)C1. The second-order valence-corrected chi connectivity index (χ2v) is 9.87. The molecule has 2 aliphatic rings. The van der Waals surface area contributed by atoms with Gasteiger partial charge in [-0.1, -0.05) is 49.6 Å². The molecule has 0 bridgehead atoms. The fourth-order valence-corrected chi connectivity index (χ4v) is 5.36. The molecule has 1 saturated carbocycles. The van der Waals surface area contributed by atoms with E-state index in [-0.39, 0.29) is 17.2 Å². The predicted octanol–water partition coefficient (Wildman–Crippen LogP) is 2.68. The number of carbonyl (C=O) groups is 1. The van der Waals surface area contributed by atoms with Crippen molar-refractivity contribution in [1.82, 2.24) is 9.62 Å². The molecule has 0 aromatic heterocycles. The topological polar surface area (TPSA) is 66.5 Å². The molecule has 144 valence electrons. The maximum atomic E-state index is 12.8. The maximum Gasteiger partial charge on any atom is 0.224 e. The van der Waals surface area contributed by atoms with Crippen molar-refractivity contribution < 1.29 is 13.2 Å². The highest BCUT2D eigenvalue weighted by Crippen LogP contribution is 2.39. The summed E-state index contributed by atoms with van der Waals surface area (Å²) in [6.45, 7) is 1.48. The van der Waals surface area contributed by atoms with Crippen LogP contribution >= 0.6 is 0 Å². The van der Waals surface area contributed by atoms with Crippen molar-refractivity contribution in [2.24, 2.45) is 5.92 Å². The molecule has 1 amide bonds. The van der Waals surface area contributed by atoms with Gasteiger partial charge < -0.3 is 5.32 Å².